The summed E-state index contributed by atoms with van der Waals surface area (Å²) in [6.07, 6.45) is 1.09. The van der Waals surface area contributed by atoms with Gasteiger partial charge in [0.25, 0.3) is 0 Å². The fourth-order valence-corrected chi connectivity index (χ4v) is 2.71. The molecule has 0 amide bonds. The highest BCUT2D eigenvalue weighted by Gasteiger charge is 2.28. The number of hydrogen-bond acceptors (Lipinski definition) is 3. The molecule has 1 heterocycles. The number of nitrogens with zero attached hydrogens (tertiary/aromatic N) is 1. The molecule has 0 saturated carbocycles. The van der Waals surface area contributed by atoms with Gasteiger partial charge in [0.2, 0.25) is 0 Å². The second kappa shape index (κ2) is 6.59. The summed E-state index contributed by atoms with van der Waals surface area (Å²) in [7, 11) is 1.73. The average Bonchev–Trinajstić information content (AvgIpc) is 2.45. The highest BCUT2D eigenvalue weighted by Crippen LogP contribution is 2.22. The van der Waals surface area contributed by atoms with Crippen LogP contribution in [0.25, 0.3) is 0 Å². The lowest BCUT2D eigenvalue weighted by Gasteiger charge is -2.40. The zero-order chi connectivity index (χ0) is 14.6. The first-order valence-electron chi connectivity index (χ1n) is 7.58. The van der Waals surface area contributed by atoms with Gasteiger partial charge in [-0.3, -0.25) is 0 Å². The Morgan fingerprint density at radius 2 is 2.15 bits per heavy atom. The van der Waals surface area contributed by atoms with Crippen molar-refractivity contribution in [3.8, 4) is 5.75 Å². The highest BCUT2D eigenvalue weighted by atomic mass is 16.5. The molecule has 1 aromatic rings. The minimum Gasteiger partial charge on any atom is -0.497 e. The summed E-state index contributed by atoms with van der Waals surface area (Å²) in [5.41, 5.74) is 1.68. The molecule has 3 nitrogen and oxygen atoms in total. The molecule has 0 radical (unpaired) electrons. The van der Waals surface area contributed by atoms with Gasteiger partial charge in [-0.05, 0) is 29.5 Å². The summed E-state index contributed by atoms with van der Waals surface area (Å²) >= 11 is 0. The van der Waals surface area contributed by atoms with Gasteiger partial charge in [-0.15, -0.1) is 0 Å². The number of piperazine rings is 1. The van der Waals surface area contributed by atoms with Crippen LogP contribution in [-0.2, 0) is 6.42 Å². The Balaban J connectivity index is 1.87. The van der Waals surface area contributed by atoms with E-state index in [0.29, 0.717) is 11.5 Å². The van der Waals surface area contributed by atoms with Crippen molar-refractivity contribution in [1.29, 1.82) is 0 Å². The second-order valence-electron chi connectivity index (χ2n) is 6.77. The van der Waals surface area contributed by atoms with Crippen LogP contribution in [0.15, 0.2) is 24.3 Å². The first-order chi connectivity index (χ1) is 9.49. The maximum Gasteiger partial charge on any atom is 0.119 e. The van der Waals surface area contributed by atoms with Crippen molar-refractivity contribution in [1.82, 2.24) is 10.2 Å². The van der Waals surface area contributed by atoms with Crippen LogP contribution < -0.4 is 10.1 Å². The van der Waals surface area contributed by atoms with E-state index in [4.69, 9.17) is 4.74 Å². The van der Waals surface area contributed by atoms with Gasteiger partial charge in [-0.1, -0.05) is 32.9 Å². The molecule has 3 heteroatoms. The average molecular weight is 276 g/mol. The second-order valence-corrected chi connectivity index (χ2v) is 6.77. The normalized spacial score (nSPS) is 20.9. The Morgan fingerprint density at radius 3 is 2.85 bits per heavy atom. The van der Waals surface area contributed by atoms with Crippen LogP contribution in [0.4, 0.5) is 0 Å². The molecular formula is C17H28N2O. The minimum absolute atomic E-state index is 0.328. The van der Waals surface area contributed by atoms with Crippen molar-refractivity contribution in [2.45, 2.75) is 33.2 Å². The van der Waals surface area contributed by atoms with Crippen molar-refractivity contribution in [3.05, 3.63) is 29.8 Å². The summed E-state index contributed by atoms with van der Waals surface area (Å²) in [5, 5.41) is 3.64. The van der Waals surface area contributed by atoms with Crippen molar-refractivity contribution in [2.24, 2.45) is 5.41 Å². The third-order valence-electron chi connectivity index (χ3n) is 4.16. The number of nitrogens with one attached hydrogen (secondary N) is 1. The van der Waals surface area contributed by atoms with Gasteiger partial charge in [0.1, 0.15) is 5.75 Å². The molecule has 112 valence electrons. The van der Waals surface area contributed by atoms with E-state index < -0.39 is 0 Å². The van der Waals surface area contributed by atoms with E-state index in [2.05, 4.69) is 49.2 Å². The largest absolute Gasteiger partial charge is 0.497 e. The van der Waals surface area contributed by atoms with Crippen molar-refractivity contribution in [2.75, 3.05) is 33.3 Å². The molecule has 0 aliphatic carbocycles. The van der Waals surface area contributed by atoms with Crippen molar-refractivity contribution < 1.29 is 4.74 Å². The molecule has 0 aromatic heterocycles. The minimum atomic E-state index is 0.328. The predicted molar refractivity (Wildman–Crippen MR) is 84.4 cm³/mol. The molecule has 2 rings (SSSR count). The maximum absolute atomic E-state index is 5.28. The summed E-state index contributed by atoms with van der Waals surface area (Å²) in [6, 6.07) is 8.99. The molecule has 0 bridgehead atoms. The van der Waals surface area contributed by atoms with Crippen LogP contribution in [0.1, 0.15) is 26.3 Å². The molecule has 1 unspecified atom stereocenters. The maximum atomic E-state index is 5.28. The molecule has 1 aliphatic rings. The van der Waals surface area contributed by atoms with Crippen LogP contribution in [-0.4, -0.2) is 44.2 Å². The number of hydrogen-bond donors (Lipinski definition) is 1. The van der Waals surface area contributed by atoms with Crippen LogP contribution in [0, 0.1) is 5.41 Å². The van der Waals surface area contributed by atoms with E-state index in [1.807, 2.05) is 6.07 Å². The number of benzene rings is 1. The van der Waals surface area contributed by atoms with Gasteiger partial charge < -0.3 is 15.0 Å². The lowest BCUT2D eigenvalue weighted by molar-refractivity contribution is 0.135. The lowest BCUT2D eigenvalue weighted by Crippen LogP contribution is -2.56. The molecule has 1 fully saturated rings. The van der Waals surface area contributed by atoms with E-state index in [1.54, 1.807) is 7.11 Å². The van der Waals surface area contributed by atoms with Crippen molar-refractivity contribution in [3.63, 3.8) is 0 Å². The predicted octanol–water partition coefficient (Wildman–Crippen LogP) is 2.56. The Morgan fingerprint density at radius 1 is 1.35 bits per heavy atom. The van der Waals surface area contributed by atoms with E-state index in [1.165, 1.54) is 5.56 Å². The van der Waals surface area contributed by atoms with Gasteiger partial charge in [0.05, 0.1) is 7.11 Å². The molecule has 1 atom stereocenters. The third-order valence-corrected chi connectivity index (χ3v) is 4.16. The Labute approximate surface area is 123 Å². The van der Waals surface area contributed by atoms with Crippen LogP contribution in [0.3, 0.4) is 0 Å². The van der Waals surface area contributed by atoms with E-state index in [9.17, 15) is 0 Å². The van der Waals surface area contributed by atoms with Gasteiger partial charge >= 0.3 is 0 Å². The molecule has 1 saturated heterocycles. The monoisotopic (exact) mass is 276 g/mol. The van der Waals surface area contributed by atoms with Crippen LogP contribution in [0.5, 0.6) is 5.75 Å². The Bertz CT molecular complexity index is 425. The molecule has 1 N–H and O–H groups in total. The molecule has 0 spiro atoms. The van der Waals surface area contributed by atoms with Gasteiger partial charge in [-0.2, -0.15) is 0 Å². The fourth-order valence-electron chi connectivity index (χ4n) is 2.71. The zero-order valence-corrected chi connectivity index (χ0v) is 13.3. The molecule has 1 aliphatic heterocycles. The molecular weight excluding hydrogens is 248 g/mol. The van der Waals surface area contributed by atoms with E-state index in [-0.39, 0.29) is 0 Å². The quantitative estimate of drug-likeness (QED) is 0.914. The third kappa shape index (κ3) is 4.22. The van der Waals surface area contributed by atoms with Crippen LogP contribution >= 0.6 is 0 Å². The van der Waals surface area contributed by atoms with Crippen molar-refractivity contribution >= 4 is 0 Å². The molecule has 20 heavy (non-hydrogen) atoms. The molecule has 1 aromatic carbocycles. The van der Waals surface area contributed by atoms with E-state index >= 15 is 0 Å². The first kappa shape index (κ1) is 15.3. The standard InChI is InChI=1S/C17H28N2O/c1-17(2,3)16-13-19(11-9-18-16)10-8-14-6-5-7-15(12-14)20-4/h5-7,12,16,18H,8-11,13H2,1-4H3. The topological polar surface area (TPSA) is 24.5 Å². The highest BCUT2D eigenvalue weighted by molar-refractivity contribution is 5.28. The Hall–Kier alpha value is -1.06. The number of ether oxygens (including phenoxy) is 1. The van der Waals surface area contributed by atoms with Gasteiger partial charge in [-0.25, -0.2) is 0 Å². The summed E-state index contributed by atoms with van der Waals surface area (Å²) in [4.78, 5) is 2.58. The lowest BCUT2D eigenvalue weighted by atomic mass is 9.85. The van der Waals surface area contributed by atoms with Gasteiger partial charge in [0, 0.05) is 32.2 Å². The Kier molecular flexibility index (Phi) is 5.06. The summed E-state index contributed by atoms with van der Waals surface area (Å²) in [6.45, 7) is 11.5. The SMILES string of the molecule is COc1cccc(CCN2CCNC(C(C)(C)C)C2)c1. The van der Waals surface area contributed by atoms with E-state index in [0.717, 1.165) is 38.3 Å². The smallest absolute Gasteiger partial charge is 0.119 e. The van der Waals surface area contributed by atoms with Crippen LogP contribution in [0.2, 0.25) is 0 Å². The fraction of sp³-hybridized carbons (Fsp3) is 0.647. The summed E-state index contributed by atoms with van der Waals surface area (Å²) < 4.78 is 5.28. The number of rotatable bonds is 4. The summed E-state index contributed by atoms with van der Waals surface area (Å²) in [5.74, 6) is 0.954. The van der Waals surface area contributed by atoms with Gasteiger partial charge in [0.15, 0.2) is 0 Å². The zero-order valence-electron chi connectivity index (χ0n) is 13.3. The number of methoxy groups -OCH3 is 1. The first-order valence-corrected chi connectivity index (χ1v) is 7.58.